The van der Waals surface area contributed by atoms with Crippen molar-refractivity contribution < 1.29 is 19.6 Å². The fraction of sp³-hybridized carbons (Fsp3) is 0.368. The zero-order valence-electron chi connectivity index (χ0n) is 15.9. The molecule has 1 aliphatic rings. The Labute approximate surface area is 163 Å². The Morgan fingerprint density at radius 1 is 1.29 bits per heavy atom. The SMILES string of the molecule is CC(C)n1cc(C2=CCCN(C(=O)c3ccc(B(O)O)c(C=O)c3)CC2)nn1. The largest absolute Gasteiger partial charge is 0.489 e. The first-order valence-corrected chi connectivity index (χ1v) is 9.26. The number of hydrogen-bond acceptors (Lipinski definition) is 6. The number of benzene rings is 1. The van der Waals surface area contributed by atoms with Crippen molar-refractivity contribution >= 4 is 30.3 Å². The van der Waals surface area contributed by atoms with Crippen LogP contribution in [0.5, 0.6) is 0 Å². The summed E-state index contributed by atoms with van der Waals surface area (Å²) in [5, 5.41) is 27.0. The second-order valence-electron chi connectivity index (χ2n) is 7.07. The Kier molecular flexibility index (Phi) is 6.06. The van der Waals surface area contributed by atoms with Gasteiger partial charge in [0.1, 0.15) is 12.0 Å². The molecule has 1 aromatic carbocycles. The van der Waals surface area contributed by atoms with Crippen molar-refractivity contribution in [3.05, 3.63) is 47.3 Å². The maximum atomic E-state index is 12.9. The van der Waals surface area contributed by atoms with Gasteiger partial charge >= 0.3 is 7.12 Å². The fourth-order valence-electron chi connectivity index (χ4n) is 3.20. The van der Waals surface area contributed by atoms with Crippen molar-refractivity contribution in [1.29, 1.82) is 0 Å². The van der Waals surface area contributed by atoms with Gasteiger partial charge in [-0.1, -0.05) is 17.4 Å². The molecule has 1 amide bonds. The molecule has 2 N–H and O–H groups in total. The van der Waals surface area contributed by atoms with E-state index in [-0.39, 0.29) is 23.0 Å². The van der Waals surface area contributed by atoms with Gasteiger partial charge in [-0.2, -0.15) is 0 Å². The Morgan fingerprint density at radius 3 is 2.71 bits per heavy atom. The van der Waals surface area contributed by atoms with E-state index in [2.05, 4.69) is 16.4 Å². The van der Waals surface area contributed by atoms with Crippen LogP contribution >= 0.6 is 0 Å². The molecule has 2 aromatic rings. The zero-order valence-corrected chi connectivity index (χ0v) is 15.9. The maximum absolute atomic E-state index is 12.9. The van der Waals surface area contributed by atoms with Gasteiger partial charge in [0.25, 0.3) is 5.91 Å². The minimum atomic E-state index is -1.76. The van der Waals surface area contributed by atoms with E-state index >= 15 is 0 Å². The summed E-state index contributed by atoms with van der Waals surface area (Å²) in [5.74, 6) is -0.192. The minimum absolute atomic E-state index is 0.0830. The molecule has 1 aliphatic heterocycles. The number of aromatic nitrogens is 3. The number of amides is 1. The van der Waals surface area contributed by atoms with Gasteiger partial charge in [0.2, 0.25) is 0 Å². The summed E-state index contributed by atoms with van der Waals surface area (Å²) >= 11 is 0. The topological polar surface area (TPSA) is 109 Å². The van der Waals surface area contributed by atoms with Crippen LogP contribution in [0.15, 0.2) is 30.5 Å². The zero-order chi connectivity index (χ0) is 20.3. The monoisotopic (exact) mass is 382 g/mol. The third-order valence-electron chi connectivity index (χ3n) is 4.84. The molecule has 0 fully saturated rings. The van der Waals surface area contributed by atoms with E-state index in [1.54, 1.807) is 4.90 Å². The third kappa shape index (κ3) is 4.21. The van der Waals surface area contributed by atoms with Crippen molar-refractivity contribution in [2.24, 2.45) is 0 Å². The smallest absolute Gasteiger partial charge is 0.423 e. The first-order chi connectivity index (χ1) is 13.4. The van der Waals surface area contributed by atoms with Crippen molar-refractivity contribution in [2.75, 3.05) is 13.1 Å². The molecule has 2 heterocycles. The minimum Gasteiger partial charge on any atom is -0.423 e. The third-order valence-corrected chi connectivity index (χ3v) is 4.84. The second kappa shape index (κ2) is 8.49. The molecular weight excluding hydrogens is 359 g/mol. The summed E-state index contributed by atoms with van der Waals surface area (Å²) in [4.78, 5) is 25.8. The molecule has 9 heteroatoms. The Bertz CT molecular complexity index is 907. The molecule has 0 saturated heterocycles. The quantitative estimate of drug-likeness (QED) is 0.581. The van der Waals surface area contributed by atoms with Gasteiger partial charge in [-0.15, -0.1) is 5.10 Å². The molecular formula is C19H23BN4O4. The summed E-state index contributed by atoms with van der Waals surface area (Å²) in [7, 11) is -1.76. The lowest BCUT2D eigenvalue weighted by Crippen LogP contribution is -2.35. The highest BCUT2D eigenvalue weighted by Gasteiger charge is 2.22. The molecule has 0 saturated carbocycles. The van der Waals surface area contributed by atoms with Gasteiger partial charge in [-0.05, 0) is 49.9 Å². The van der Waals surface area contributed by atoms with Crippen molar-refractivity contribution in [2.45, 2.75) is 32.7 Å². The van der Waals surface area contributed by atoms with Crippen LogP contribution in [0.3, 0.4) is 0 Å². The molecule has 28 heavy (non-hydrogen) atoms. The van der Waals surface area contributed by atoms with E-state index in [9.17, 15) is 19.6 Å². The molecule has 1 aromatic heterocycles. The van der Waals surface area contributed by atoms with Gasteiger partial charge in [0.15, 0.2) is 0 Å². The Morgan fingerprint density at radius 2 is 2.07 bits per heavy atom. The van der Waals surface area contributed by atoms with Crippen molar-refractivity contribution in [1.82, 2.24) is 19.9 Å². The average molecular weight is 382 g/mol. The lowest BCUT2D eigenvalue weighted by molar-refractivity contribution is 0.0764. The maximum Gasteiger partial charge on any atom is 0.489 e. The molecule has 146 valence electrons. The second-order valence-corrected chi connectivity index (χ2v) is 7.07. The van der Waals surface area contributed by atoms with Gasteiger partial charge in [0.05, 0.1) is 6.20 Å². The predicted molar refractivity (Wildman–Crippen MR) is 105 cm³/mol. The lowest BCUT2D eigenvalue weighted by Gasteiger charge is -2.21. The van der Waals surface area contributed by atoms with E-state index in [0.717, 1.165) is 11.3 Å². The molecule has 0 aliphatic carbocycles. The summed E-state index contributed by atoms with van der Waals surface area (Å²) < 4.78 is 1.81. The number of carbonyl (C=O) groups excluding carboxylic acids is 2. The molecule has 8 nitrogen and oxygen atoms in total. The fourth-order valence-corrected chi connectivity index (χ4v) is 3.20. The number of rotatable bonds is 5. The molecule has 0 atom stereocenters. The van der Waals surface area contributed by atoms with Crippen LogP contribution in [0.1, 0.15) is 59.1 Å². The van der Waals surface area contributed by atoms with E-state index in [1.165, 1.54) is 18.2 Å². The van der Waals surface area contributed by atoms with Gasteiger partial charge in [-0.3, -0.25) is 9.59 Å². The van der Waals surface area contributed by atoms with Crippen LogP contribution in [0, 0.1) is 0 Å². The molecule has 3 rings (SSSR count). The van der Waals surface area contributed by atoms with E-state index in [0.29, 0.717) is 37.8 Å². The van der Waals surface area contributed by atoms with Gasteiger partial charge in [0, 0.05) is 30.3 Å². The summed E-state index contributed by atoms with van der Waals surface area (Å²) in [5.41, 5.74) is 2.42. The van der Waals surface area contributed by atoms with Crippen molar-refractivity contribution in [3.8, 4) is 0 Å². The first kappa shape index (κ1) is 20.0. The molecule has 0 radical (unpaired) electrons. The standard InChI is InChI=1S/C19H23BN4O4/c1-13(2)24-11-18(21-22-24)14-4-3-8-23(9-7-14)19(26)15-5-6-17(20(27)28)16(10-15)12-25/h4-6,10-13,27-28H,3,7-9H2,1-2H3. The summed E-state index contributed by atoms with van der Waals surface area (Å²) in [6.45, 7) is 5.16. The predicted octanol–water partition coefficient (Wildman–Crippen LogP) is 0.671. The van der Waals surface area contributed by atoms with Gasteiger partial charge in [-0.25, -0.2) is 4.68 Å². The molecule has 0 bridgehead atoms. The summed E-state index contributed by atoms with van der Waals surface area (Å²) in [6.07, 6.45) is 5.89. The normalized spacial score (nSPS) is 14.6. The van der Waals surface area contributed by atoms with Crippen LogP contribution in [0.2, 0.25) is 0 Å². The molecule has 0 spiro atoms. The molecule has 0 unspecified atom stereocenters. The number of hydrogen-bond donors (Lipinski definition) is 2. The van der Waals surface area contributed by atoms with Crippen LogP contribution in [-0.4, -0.2) is 62.3 Å². The lowest BCUT2D eigenvalue weighted by atomic mass is 9.77. The number of aldehydes is 1. The number of nitrogens with zero attached hydrogens (tertiary/aromatic N) is 4. The summed E-state index contributed by atoms with van der Waals surface area (Å²) in [6, 6.07) is 4.54. The van der Waals surface area contributed by atoms with E-state index in [4.69, 9.17) is 0 Å². The van der Waals surface area contributed by atoms with Crippen LogP contribution < -0.4 is 5.46 Å². The highest BCUT2D eigenvalue weighted by atomic mass is 16.4. The van der Waals surface area contributed by atoms with Crippen molar-refractivity contribution in [3.63, 3.8) is 0 Å². The van der Waals surface area contributed by atoms with Gasteiger partial charge < -0.3 is 14.9 Å². The average Bonchev–Trinajstić information content (AvgIpc) is 3.05. The highest BCUT2D eigenvalue weighted by molar-refractivity contribution is 6.60. The Balaban J connectivity index is 1.72. The van der Waals surface area contributed by atoms with Crippen LogP contribution in [0.4, 0.5) is 0 Å². The highest BCUT2D eigenvalue weighted by Crippen LogP contribution is 2.22. The number of carbonyl (C=O) groups is 2. The van der Waals surface area contributed by atoms with Crippen LogP contribution in [-0.2, 0) is 0 Å². The Hall–Kier alpha value is -2.78. The van der Waals surface area contributed by atoms with Crippen LogP contribution in [0.25, 0.3) is 5.57 Å². The van der Waals surface area contributed by atoms with E-state index < -0.39 is 7.12 Å². The first-order valence-electron chi connectivity index (χ1n) is 9.26. The van der Waals surface area contributed by atoms with E-state index in [1.807, 2.05) is 24.7 Å².